The maximum atomic E-state index is 3.79. The Morgan fingerprint density at radius 2 is 1.68 bits per heavy atom. The zero-order valence-electron chi connectivity index (χ0n) is 14.1. The van der Waals surface area contributed by atoms with Crippen LogP contribution >= 0.6 is 0 Å². The summed E-state index contributed by atoms with van der Waals surface area (Å²) in [5, 5.41) is 3.79. The van der Waals surface area contributed by atoms with Gasteiger partial charge in [0.05, 0.1) is 0 Å². The molecule has 0 spiro atoms. The highest BCUT2D eigenvalue weighted by Crippen LogP contribution is 2.25. The lowest BCUT2D eigenvalue weighted by atomic mass is 9.89. The van der Waals surface area contributed by atoms with Crippen molar-refractivity contribution in [3.8, 4) is 0 Å². The second-order valence-corrected chi connectivity index (χ2v) is 6.48. The minimum Gasteiger partial charge on any atom is -0.311 e. The van der Waals surface area contributed by atoms with Crippen molar-refractivity contribution in [3.63, 3.8) is 0 Å². The van der Waals surface area contributed by atoms with Gasteiger partial charge in [-0.2, -0.15) is 0 Å². The van der Waals surface area contributed by atoms with E-state index in [0.717, 1.165) is 23.9 Å². The normalized spacial score (nSPS) is 28.6. The van der Waals surface area contributed by atoms with Gasteiger partial charge in [-0.25, -0.2) is 0 Å². The van der Waals surface area contributed by atoms with Crippen molar-refractivity contribution in [2.75, 3.05) is 13.1 Å². The third-order valence-corrected chi connectivity index (χ3v) is 5.55. The van der Waals surface area contributed by atoms with E-state index in [1.165, 1.54) is 38.8 Å². The van der Waals surface area contributed by atoms with Gasteiger partial charge >= 0.3 is 0 Å². The first-order chi connectivity index (χ1) is 9.08. The molecule has 0 amide bonds. The quantitative estimate of drug-likeness (QED) is 0.753. The SMILES string of the molecule is CCC(C)C1CN(C(C)C(CC)CC)C(CC)CN1. The molecule has 0 aromatic carbocycles. The fourth-order valence-corrected chi connectivity index (χ4v) is 3.63. The van der Waals surface area contributed by atoms with Crippen LogP contribution in [0.2, 0.25) is 0 Å². The summed E-state index contributed by atoms with van der Waals surface area (Å²) in [6.45, 7) is 16.6. The van der Waals surface area contributed by atoms with Crippen LogP contribution in [0.4, 0.5) is 0 Å². The van der Waals surface area contributed by atoms with Crippen molar-refractivity contribution in [2.24, 2.45) is 11.8 Å². The molecule has 0 aromatic heterocycles. The summed E-state index contributed by atoms with van der Waals surface area (Å²) in [4.78, 5) is 2.81. The van der Waals surface area contributed by atoms with Crippen LogP contribution in [0.1, 0.15) is 67.2 Å². The summed E-state index contributed by atoms with van der Waals surface area (Å²) in [7, 11) is 0. The number of nitrogens with one attached hydrogen (secondary N) is 1. The van der Waals surface area contributed by atoms with Crippen molar-refractivity contribution in [1.29, 1.82) is 0 Å². The molecular weight excluding hydrogens is 232 g/mol. The molecule has 1 saturated heterocycles. The molecule has 1 aliphatic rings. The van der Waals surface area contributed by atoms with Crippen molar-refractivity contribution in [2.45, 2.75) is 85.4 Å². The van der Waals surface area contributed by atoms with Gasteiger partial charge in [-0.3, -0.25) is 4.90 Å². The summed E-state index contributed by atoms with van der Waals surface area (Å²) >= 11 is 0. The fourth-order valence-electron chi connectivity index (χ4n) is 3.63. The van der Waals surface area contributed by atoms with Gasteiger partial charge in [0, 0.05) is 31.2 Å². The van der Waals surface area contributed by atoms with E-state index in [1.54, 1.807) is 0 Å². The van der Waals surface area contributed by atoms with Gasteiger partial charge in [-0.1, -0.05) is 53.9 Å². The van der Waals surface area contributed by atoms with Gasteiger partial charge in [-0.05, 0) is 25.2 Å². The van der Waals surface area contributed by atoms with Gasteiger partial charge in [0.1, 0.15) is 0 Å². The van der Waals surface area contributed by atoms with Gasteiger partial charge in [-0.15, -0.1) is 0 Å². The highest BCUT2D eigenvalue weighted by atomic mass is 15.3. The molecule has 0 aromatic rings. The minimum absolute atomic E-state index is 0.685. The largest absolute Gasteiger partial charge is 0.311 e. The zero-order chi connectivity index (χ0) is 14.4. The van der Waals surface area contributed by atoms with Crippen LogP contribution in [0, 0.1) is 11.8 Å². The predicted molar refractivity (Wildman–Crippen MR) is 85.6 cm³/mol. The van der Waals surface area contributed by atoms with Crippen molar-refractivity contribution < 1.29 is 0 Å². The molecular formula is C17H36N2. The Morgan fingerprint density at radius 3 is 2.16 bits per heavy atom. The van der Waals surface area contributed by atoms with Crippen LogP contribution in [0.15, 0.2) is 0 Å². The first kappa shape index (κ1) is 17.0. The van der Waals surface area contributed by atoms with E-state index in [2.05, 4.69) is 51.8 Å². The number of hydrogen-bond donors (Lipinski definition) is 1. The molecule has 1 aliphatic heterocycles. The molecule has 4 atom stereocenters. The second-order valence-electron chi connectivity index (χ2n) is 6.48. The molecule has 0 radical (unpaired) electrons. The Bertz CT molecular complexity index is 237. The molecule has 2 heteroatoms. The van der Waals surface area contributed by atoms with E-state index in [-0.39, 0.29) is 0 Å². The summed E-state index contributed by atoms with van der Waals surface area (Å²) in [6.07, 6.45) is 5.17. The Hall–Kier alpha value is -0.0800. The summed E-state index contributed by atoms with van der Waals surface area (Å²) in [6, 6.07) is 2.15. The van der Waals surface area contributed by atoms with Crippen LogP contribution in [0.25, 0.3) is 0 Å². The second kappa shape index (κ2) is 8.26. The van der Waals surface area contributed by atoms with E-state index in [0.29, 0.717) is 6.04 Å². The van der Waals surface area contributed by atoms with E-state index in [4.69, 9.17) is 0 Å². The highest BCUT2D eigenvalue weighted by Gasteiger charge is 2.33. The molecule has 1 rings (SSSR count). The maximum absolute atomic E-state index is 3.79. The molecule has 19 heavy (non-hydrogen) atoms. The standard InChI is InChI=1S/C17H36N2/c1-7-13(5)17-12-19(16(10-4)11-18-17)14(6)15(8-2)9-3/h13-18H,7-12H2,1-6H3. The third kappa shape index (κ3) is 4.19. The van der Waals surface area contributed by atoms with Crippen molar-refractivity contribution >= 4 is 0 Å². The number of nitrogens with zero attached hydrogens (tertiary/aromatic N) is 1. The predicted octanol–water partition coefficient (Wildman–Crippen LogP) is 3.91. The fraction of sp³-hybridized carbons (Fsp3) is 1.00. The monoisotopic (exact) mass is 268 g/mol. The van der Waals surface area contributed by atoms with Crippen LogP contribution < -0.4 is 5.32 Å². The van der Waals surface area contributed by atoms with Crippen LogP contribution in [-0.2, 0) is 0 Å². The molecule has 2 nitrogen and oxygen atoms in total. The van der Waals surface area contributed by atoms with Crippen LogP contribution in [-0.4, -0.2) is 36.1 Å². The molecule has 0 saturated carbocycles. The molecule has 1 N–H and O–H groups in total. The van der Waals surface area contributed by atoms with Gasteiger partial charge < -0.3 is 5.32 Å². The maximum Gasteiger partial charge on any atom is 0.0221 e. The number of rotatable bonds is 7. The lowest BCUT2D eigenvalue weighted by Crippen LogP contribution is -2.61. The van der Waals surface area contributed by atoms with Gasteiger partial charge in [0.15, 0.2) is 0 Å². The van der Waals surface area contributed by atoms with Crippen molar-refractivity contribution in [1.82, 2.24) is 10.2 Å². The average molecular weight is 268 g/mol. The molecule has 4 unspecified atom stereocenters. The van der Waals surface area contributed by atoms with E-state index in [1.807, 2.05) is 0 Å². The lowest BCUT2D eigenvalue weighted by Gasteiger charge is -2.47. The van der Waals surface area contributed by atoms with Gasteiger partial charge in [0.2, 0.25) is 0 Å². The van der Waals surface area contributed by atoms with Crippen LogP contribution in [0.3, 0.4) is 0 Å². The third-order valence-electron chi connectivity index (χ3n) is 5.55. The summed E-state index contributed by atoms with van der Waals surface area (Å²) < 4.78 is 0. The van der Waals surface area contributed by atoms with E-state index >= 15 is 0 Å². The van der Waals surface area contributed by atoms with E-state index in [9.17, 15) is 0 Å². The number of hydrogen-bond acceptors (Lipinski definition) is 2. The zero-order valence-corrected chi connectivity index (χ0v) is 14.1. The smallest absolute Gasteiger partial charge is 0.0221 e. The Kier molecular flexibility index (Phi) is 7.38. The Morgan fingerprint density at radius 1 is 1.05 bits per heavy atom. The van der Waals surface area contributed by atoms with Gasteiger partial charge in [0.25, 0.3) is 0 Å². The summed E-state index contributed by atoms with van der Waals surface area (Å²) in [5.41, 5.74) is 0. The first-order valence-electron chi connectivity index (χ1n) is 8.57. The molecule has 1 fully saturated rings. The van der Waals surface area contributed by atoms with Crippen LogP contribution in [0.5, 0.6) is 0 Å². The van der Waals surface area contributed by atoms with E-state index < -0.39 is 0 Å². The Labute approximate surface area is 121 Å². The minimum atomic E-state index is 0.685. The summed E-state index contributed by atoms with van der Waals surface area (Å²) in [5.74, 6) is 1.64. The molecule has 114 valence electrons. The average Bonchev–Trinajstić information content (AvgIpc) is 2.46. The molecule has 0 bridgehead atoms. The molecule has 1 heterocycles. The number of piperazine rings is 1. The Balaban J connectivity index is 2.73. The topological polar surface area (TPSA) is 15.3 Å². The highest BCUT2D eigenvalue weighted by molar-refractivity contribution is 4.91. The first-order valence-corrected chi connectivity index (χ1v) is 8.57. The van der Waals surface area contributed by atoms with Crippen molar-refractivity contribution in [3.05, 3.63) is 0 Å². The lowest BCUT2D eigenvalue weighted by molar-refractivity contribution is 0.0434. The molecule has 0 aliphatic carbocycles.